The second-order valence-corrected chi connectivity index (χ2v) is 10.5. The van der Waals surface area contributed by atoms with Crippen molar-refractivity contribution in [3.63, 3.8) is 0 Å². The summed E-state index contributed by atoms with van der Waals surface area (Å²) in [6, 6.07) is 16.1. The van der Waals surface area contributed by atoms with Crippen LogP contribution in [0.5, 0.6) is 0 Å². The van der Waals surface area contributed by atoms with Crippen molar-refractivity contribution >= 4 is 18.0 Å². The number of alkyl carbamates (subject to hydrolysis) is 1. The van der Waals surface area contributed by atoms with Crippen molar-refractivity contribution in [2.24, 2.45) is 17.3 Å². The van der Waals surface area contributed by atoms with Crippen LogP contribution in [0.4, 0.5) is 4.79 Å². The quantitative estimate of drug-likeness (QED) is 0.672. The Morgan fingerprint density at radius 2 is 1.69 bits per heavy atom. The molecule has 2 unspecified atom stereocenters. The van der Waals surface area contributed by atoms with Crippen LogP contribution in [-0.2, 0) is 14.3 Å². The van der Waals surface area contributed by atoms with Crippen molar-refractivity contribution in [1.29, 1.82) is 0 Å². The molecule has 1 saturated heterocycles. The van der Waals surface area contributed by atoms with Gasteiger partial charge in [0.1, 0.15) is 6.61 Å². The Morgan fingerprint density at radius 3 is 2.29 bits per heavy atom. The van der Waals surface area contributed by atoms with Crippen molar-refractivity contribution in [2.45, 2.75) is 45.1 Å². The lowest BCUT2D eigenvalue weighted by Gasteiger charge is -2.26. The van der Waals surface area contributed by atoms with E-state index in [1.54, 1.807) is 11.8 Å². The molecule has 0 aromatic heterocycles. The van der Waals surface area contributed by atoms with E-state index >= 15 is 0 Å². The molecular formula is C28H32N2O5. The number of carboxylic acid groups (broad SMARTS) is 1. The van der Waals surface area contributed by atoms with Crippen molar-refractivity contribution in [3.8, 4) is 11.1 Å². The monoisotopic (exact) mass is 476 g/mol. The molecule has 2 aliphatic carbocycles. The van der Waals surface area contributed by atoms with Gasteiger partial charge in [0.25, 0.3) is 0 Å². The highest BCUT2D eigenvalue weighted by molar-refractivity contribution is 5.84. The van der Waals surface area contributed by atoms with E-state index in [1.165, 1.54) is 11.1 Å². The minimum Gasteiger partial charge on any atom is -0.481 e. The van der Waals surface area contributed by atoms with Gasteiger partial charge in [0.15, 0.2) is 0 Å². The zero-order valence-electron chi connectivity index (χ0n) is 20.2. The number of hydrogen-bond acceptors (Lipinski definition) is 4. The predicted molar refractivity (Wildman–Crippen MR) is 131 cm³/mol. The van der Waals surface area contributed by atoms with Gasteiger partial charge in [-0.25, -0.2) is 4.79 Å². The summed E-state index contributed by atoms with van der Waals surface area (Å²) in [5, 5.41) is 12.6. The molecule has 1 saturated carbocycles. The fourth-order valence-electron chi connectivity index (χ4n) is 6.05. The third-order valence-corrected chi connectivity index (χ3v) is 8.38. The summed E-state index contributed by atoms with van der Waals surface area (Å²) in [4.78, 5) is 39.5. The highest BCUT2D eigenvalue weighted by Gasteiger charge is 2.49. The SMILES string of the molecule is CC1CN(C(=O)[C@@H]2CCC[C@@H]2NC(=O)OCC2c3ccccc3-c3ccccc32)CC1(C)C(=O)O. The molecule has 2 fully saturated rings. The minimum absolute atomic E-state index is 0.0195. The molecule has 2 aromatic carbocycles. The maximum absolute atomic E-state index is 13.3. The second-order valence-electron chi connectivity index (χ2n) is 10.5. The molecule has 7 heteroatoms. The zero-order valence-corrected chi connectivity index (χ0v) is 20.2. The number of fused-ring (bicyclic) bond motifs is 3. The number of carbonyl (C=O) groups is 3. The van der Waals surface area contributed by atoms with Crippen molar-refractivity contribution in [1.82, 2.24) is 10.2 Å². The third kappa shape index (κ3) is 4.07. The first kappa shape index (κ1) is 23.4. The second kappa shape index (κ2) is 9.02. The molecule has 2 aromatic rings. The molecule has 184 valence electrons. The highest BCUT2D eigenvalue weighted by atomic mass is 16.5. The molecule has 7 nitrogen and oxygen atoms in total. The topological polar surface area (TPSA) is 95.9 Å². The number of nitrogens with one attached hydrogen (secondary N) is 1. The Kier molecular flexibility index (Phi) is 6.03. The molecule has 2 N–H and O–H groups in total. The number of ether oxygens (including phenoxy) is 1. The number of carboxylic acids is 1. The molecule has 1 heterocycles. The number of hydrogen-bond donors (Lipinski definition) is 2. The standard InChI is InChI=1S/C28H32N2O5/c1-17-14-30(16-28(17,2)26(32)33)25(31)22-12-7-13-24(22)29-27(34)35-15-23-20-10-5-3-8-18(20)19-9-4-6-11-21(19)23/h3-6,8-11,17,22-24H,7,12-16H2,1-2H3,(H,29,34)(H,32,33)/t17?,22-,24+,28?/m1/s1. The Balaban J connectivity index is 1.21. The van der Waals surface area contributed by atoms with Crippen LogP contribution in [0.25, 0.3) is 11.1 Å². The zero-order chi connectivity index (χ0) is 24.7. The molecule has 0 spiro atoms. The number of carbonyl (C=O) groups excluding carboxylic acids is 2. The van der Waals surface area contributed by atoms with E-state index in [4.69, 9.17) is 4.74 Å². The molecule has 3 aliphatic rings. The minimum atomic E-state index is -0.940. The van der Waals surface area contributed by atoms with Gasteiger partial charge in [0.05, 0.1) is 11.3 Å². The molecular weight excluding hydrogens is 444 g/mol. The van der Waals surface area contributed by atoms with E-state index in [0.29, 0.717) is 19.4 Å². The summed E-state index contributed by atoms with van der Waals surface area (Å²) in [6.07, 6.45) is 1.72. The summed E-state index contributed by atoms with van der Waals surface area (Å²) < 4.78 is 5.68. The first-order valence-corrected chi connectivity index (χ1v) is 12.4. The van der Waals surface area contributed by atoms with Gasteiger partial charge in [-0.1, -0.05) is 61.9 Å². The average molecular weight is 477 g/mol. The van der Waals surface area contributed by atoms with Crippen LogP contribution in [0.3, 0.4) is 0 Å². The number of likely N-dealkylation sites (tertiary alicyclic amines) is 1. The third-order valence-electron chi connectivity index (χ3n) is 8.38. The van der Waals surface area contributed by atoms with Crippen LogP contribution in [0.2, 0.25) is 0 Å². The van der Waals surface area contributed by atoms with E-state index < -0.39 is 17.5 Å². The maximum Gasteiger partial charge on any atom is 0.407 e. The number of aliphatic carboxylic acids is 1. The Bertz CT molecular complexity index is 1120. The van der Waals surface area contributed by atoms with E-state index in [2.05, 4.69) is 29.6 Å². The van der Waals surface area contributed by atoms with E-state index in [9.17, 15) is 19.5 Å². The lowest BCUT2D eigenvalue weighted by atomic mass is 9.81. The van der Waals surface area contributed by atoms with E-state index in [1.807, 2.05) is 31.2 Å². The smallest absolute Gasteiger partial charge is 0.407 e. The van der Waals surface area contributed by atoms with Gasteiger partial charge in [0.2, 0.25) is 5.91 Å². The fraction of sp³-hybridized carbons (Fsp3) is 0.464. The van der Waals surface area contributed by atoms with Crippen LogP contribution in [-0.4, -0.2) is 53.7 Å². The molecule has 5 rings (SSSR count). The fourth-order valence-corrected chi connectivity index (χ4v) is 6.05. The summed E-state index contributed by atoms with van der Waals surface area (Å²) in [7, 11) is 0. The van der Waals surface area contributed by atoms with Crippen LogP contribution < -0.4 is 5.32 Å². The van der Waals surface area contributed by atoms with Crippen LogP contribution in [0.15, 0.2) is 48.5 Å². The highest BCUT2D eigenvalue weighted by Crippen LogP contribution is 2.44. The van der Waals surface area contributed by atoms with Gasteiger partial charge >= 0.3 is 12.1 Å². The van der Waals surface area contributed by atoms with E-state index in [0.717, 1.165) is 17.5 Å². The predicted octanol–water partition coefficient (Wildman–Crippen LogP) is 4.26. The Hall–Kier alpha value is -3.35. The molecule has 0 bridgehead atoms. The Labute approximate surface area is 205 Å². The average Bonchev–Trinajstić information content (AvgIpc) is 3.52. The first-order valence-electron chi connectivity index (χ1n) is 12.4. The van der Waals surface area contributed by atoms with Crippen LogP contribution >= 0.6 is 0 Å². The molecule has 2 amide bonds. The van der Waals surface area contributed by atoms with Crippen molar-refractivity contribution in [2.75, 3.05) is 19.7 Å². The molecule has 4 atom stereocenters. The van der Waals surface area contributed by atoms with Gasteiger partial charge in [0, 0.05) is 25.0 Å². The summed E-state index contributed by atoms with van der Waals surface area (Å²) >= 11 is 0. The van der Waals surface area contributed by atoms with Crippen molar-refractivity contribution in [3.05, 3.63) is 59.7 Å². The number of nitrogens with zero attached hydrogens (tertiary/aromatic N) is 1. The first-order chi connectivity index (χ1) is 16.8. The number of amides is 2. The summed E-state index contributed by atoms with van der Waals surface area (Å²) in [5.74, 6) is -1.44. The Morgan fingerprint density at radius 1 is 1.06 bits per heavy atom. The molecule has 1 aliphatic heterocycles. The summed E-state index contributed by atoms with van der Waals surface area (Å²) in [5.41, 5.74) is 3.71. The van der Waals surface area contributed by atoms with Crippen LogP contribution in [0.1, 0.15) is 50.2 Å². The number of rotatable bonds is 5. The van der Waals surface area contributed by atoms with E-state index in [-0.39, 0.29) is 42.9 Å². The number of benzene rings is 2. The van der Waals surface area contributed by atoms with Crippen molar-refractivity contribution < 1.29 is 24.2 Å². The van der Waals surface area contributed by atoms with Gasteiger partial charge in [-0.05, 0) is 47.9 Å². The maximum atomic E-state index is 13.3. The van der Waals surface area contributed by atoms with Gasteiger partial charge in [-0.15, -0.1) is 0 Å². The van der Waals surface area contributed by atoms with Gasteiger partial charge < -0.3 is 20.1 Å². The summed E-state index contributed by atoms with van der Waals surface area (Å²) in [6.45, 7) is 4.44. The normalized spacial score (nSPS) is 27.4. The van der Waals surface area contributed by atoms with Crippen LogP contribution in [0, 0.1) is 17.3 Å². The van der Waals surface area contributed by atoms with Gasteiger partial charge in [-0.2, -0.15) is 0 Å². The molecule has 0 radical (unpaired) electrons. The lowest BCUT2D eigenvalue weighted by Crippen LogP contribution is -2.46. The lowest BCUT2D eigenvalue weighted by molar-refractivity contribution is -0.149. The largest absolute Gasteiger partial charge is 0.481 e. The van der Waals surface area contributed by atoms with Gasteiger partial charge in [-0.3, -0.25) is 9.59 Å². The molecule has 35 heavy (non-hydrogen) atoms.